The van der Waals surface area contributed by atoms with Gasteiger partial charge in [-0.25, -0.2) is 0 Å². The number of hydrogen-bond donors (Lipinski definition) is 2. The Morgan fingerprint density at radius 3 is 2.61 bits per heavy atom. The maximum absolute atomic E-state index is 11.8. The van der Waals surface area contributed by atoms with Gasteiger partial charge in [0.1, 0.15) is 0 Å². The van der Waals surface area contributed by atoms with Crippen LogP contribution in [0.15, 0.2) is 24.3 Å². The molecule has 0 saturated heterocycles. The summed E-state index contributed by atoms with van der Waals surface area (Å²) < 4.78 is 1.07. The zero-order chi connectivity index (χ0) is 13.7. The first-order chi connectivity index (χ1) is 8.40. The van der Waals surface area contributed by atoms with Crippen LogP contribution in [0.5, 0.6) is 0 Å². The maximum atomic E-state index is 11.8. The first-order valence-corrected chi connectivity index (χ1v) is 6.74. The number of hydrogen-bond acceptors (Lipinski definition) is 2. The van der Waals surface area contributed by atoms with Crippen molar-refractivity contribution in [2.45, 2.75) is 26.3 Å². The van der Waals surface area contributed by atoms with Crippen molar-refractivity contribution < 1.29 is 14.7 Å². The van der Waals surface area contributed by atoms with Crippen LogP contribution in [-0.4, -0.2) is 23.0 Å². The summed E-state index contributed by atoms with van der Waals surface area (Å²) in [6.07, 6.45) is 0.271. The second kappa shape index (κ2) is 6.72. The van der Waals surface area contributed by atoms with Crippen molar-refractivity contribution >= 4 is 34.5 Å². The third kappa shape index (κ3) is 4.64. The van der Waals surface area contributed by atoms with E-state index in [1.165, 1.54) is 0 Å². The molecule has 0 spiro atoms. The van der Waals surface area contributed by atoms with Gasteiger partial charge in [0, 0.05) is 9.61 Å². The van der Waals surface area contributed by atoms with E-state index in [9.17, 15) is 9.59 Å². The van der Waals surface area contributed by atoms with Crippen LogP contribution in [0.3, 0.4) is 0 Å². The normalized spacial score (nSPS) is 13.7. The fourth-order valence-corrected chi connectivity index (χ4v) is 2.08. The summed E-state index contributed by atoms with van der Waals surface area (Å²) in [7, 11) is 0. The minimum atomic E-state index is -0.906. The summed E-state index contributed by atoms with van der Waals surface area (Å²) in [6.45, 7) is 3.28. The Morgan fingerprint density at radius 2 is 2.06 bits per heavy atom. The van der Waals surface area contributed by atoms with E-state index in [0.717, 1.165) is 9.13 Å². The molecule has 0 aliphatic heterocycles. The topological polar surface area (TPSA) is 66.4 Å². The summed E-state index contributed by atoms with van der Waals surface area (Å²) in [5.74, 6) is -1.65. The Morgan fingerprint density at radius 1 is 1.39 bits per heavy atom. The van der Waals surface area contributed by atoms with Gasteiger partial charge >= 0.3 is 5.97 Å². The molecule has 18 heavy (non-hydrogen) atoms. The standard InChI is InChI=1S/C13H16INO3/c1-8(13(17)18)9(2)15-12(16)7-10-4-3-5-11(14)6-10/h3-6,8-9H,7H2,1-2H3,(H,15,16)(H,17,18). The van der Waals surface area contributed by atoms with Crippen LogP contribution < -0.4 is 5.32 Å². The third-order valence-corrected chi connectivity index (χ3v) is 3.45. The van der Waals surface area contributed by atoms with Crippen LogP contribution in [0.4, 0.5) is 0 Å². The average Bonchev–Trinajstić information content (AvgIpc) is 2.27. The fraction of sp³-hybridized carbons (Fsp3) is 0.385. The number of aliphatic carboxylic acids is 1. The molecule has 0 bridgehead atoms. The smallest absolute Gasteiger partial charge is 0.308 e. The Bertz CT molecular complexity index is 448. The van der Waals surface area contributed by atoms with Gasteiger partial charge in [-0.05, 0) is 54.1 Å². The summed E-state index contributed by atoms with van der Waals surface area (Å²) in [5.41, 5.74) is 0.926. The number of benzene rings is 1. The van der Waals surface area contributed by atoms with Crippen LogP contribution in [0.25, 0.3) is 0 Å². The van der Waals surface area contributed by atoms with E-state index in [2.05, 4.69) is 27.9 Å². The molecule has 2 unspecified atom stereocenters. The van der Waals surface area contributed by atoms with Crippen molar-refractivity contribution in [3.63, 3.8) is 0 Å². The molecule has 1 aromatic rings. The van der Waals surface area contributed by atoms with Gasteiger partial charge in [-0.2, -0.15) is 0 Å². The van der Waals surface area contributed by atoms with E-state index in [1.807, 2.05) is 24.3 Å². The van der Waals surface area contributed by atoms with Gasteiger partial charge in [-0.3, -0.25) is 9.59 Å². The van der Waals surface area contributed by atoms with E-state index < -0.39 is 11.9 Å². The SMILES string of the molecule is CC(NC(=O)Cc1cccc(I)c1)C(C)C(=O)O. The highest BCUT2D eigenvalue weighted by molar-refractivity contribution is 14.1. The maximum Gasteiger partial charge on any atom is 0.308 e. The lowest BCUT2D eigenvalue weighted by Gasteiger charge is -2.17. The van der Waals surface area contributed by atoms with Gasteiger partial charge in [-0.15, -0.1) is 0 Å². The molecule has 0 aromatic heterocycles. The van der Waals surface area contributed by atoms with Crippen molar-refractivity contribution in [2.75, 3.05) is 0 Å². The van der Waals surface area contributed by atoms with Crippen molar-refractivity contribution in [1.29, 1.82) is 0 Å². The van der Waals surface area contributed by atoms with Crippen LogP contribution >= 0.6 is 22.6 Å². The van der Waals surface area contributed by atoms with Gasteiger partial charge in [-0.1, -0.05) is 12.1 Å². The summed E-state index contributed by atoms with van der Waals surface area (Å²) in [5, 5.41) is 11.5. The summed E-state index contributed by atoms with van der Waals surface area (Å²) >= 11 is 2.19. The van der Waals surface area contributed by atoms with E-state index in [1.54, 1.807) is 13.8 Å². The number of rotatable bonds is 5. The van der Waals surface area contributed by atoms with E-state index >= 15 is 0 Å². The molecule has 0 heterocycles. The Labute approximate surface area is 120 Å². The van der Waals surface area contributed by atoms with Crippen LogP contribution in [0.1, 0.15) is 19.4 Å². The van der Waals surface area contributed by atoms with Gasteiger partial charge in [0.2, 0.25) is 5.91 Å². The van der Waals surface area contributed by atoms with Crippen molar-refractivity contribution in [2.24, 2.45) is 5.92 Å². The van der Waals surface area contributed by atoms with Gasteiger partial charge in [0.25, 0.3) is 0 Å². The summed E-state index contributed by atoms with van der Waals surface area (Å²) in [6, 6.07) is 7.29. The highest BCUT2D eigenvalue weighted by atomic mass is 127. The fourth-order valence-electron chi connectivity index (χ4n) is 1.48. The molecule has 1 rings (SSSR count). The number of carbonyl (C=O) groups is 2. The molecular weight excluding hydrogens is 345 g/mol. The summed E-state index contributed by atoms with van der Waals surface area (Å²) in [4.78, 5) is 22.5. The lowest BCUT2D eigenvalue weighted by atomic mass is 10.0. The average molecular weight is 361 g/mol. The number of nitrogens with one attached hydrogen (secondary N) is 1. The second-order valence-corrected chi connectivity index (χ2v) is 5.54. The molecule has 0 saturated carbocycles. The van der Waals surface area contributed by atoms with Crippen LogP contribution in [0, 0.1) is 9.49 Å². The quantitative estimate of drug-likeness (QED) is 0.789. The van der Waals surface area contributed by atoms with Crippen LogP contribution in [0.2, 0.25) is 0 Å². The zero-order valence-corrected chi connectivity index (χ0v) is 12.5. The van der Waals surface area contributed by atoms with E-state index in [0.29, 0.717) is 0 Å². The lowest BCUT2D eigenvalue weighted by Crippen LogP contribution is -2.40. The predicted molar refractivity (Wildman–Crippen MR) is 77.3 cm³/mol. The molecule has 0 fully saturated rings. The predicted octanol–water partition coefficient (Wildman–Crippen LogP) is 2.06. The molecule has 5 heteroatoms. The first-order valence-electron chi connectivity index (χ1n) is 5.66. The molecule has 2 atom stereocenters. The Balaban J connectivity index is 2.54. The van der Waals surface area contributed by atoms with Crippen LogP contribution in [-0.2, 0) is 16.0 Å². The second-order valence-electron chi connectivity index (χ2n) is 4.29. The number of halogens is 1. The number of carboxylic acid groups (broad SMARTS) is 1. The molecule has 1 amide bonds. The zero-order valence-electron chi connectivity index (χ0n) is 10.3. The van der Waals surface area contributed by atoms with Crippen molar-refractivity contribution in [1.82, 2.24) is 5.32 Å². The molecule has 4 nitrogen and oxygen atoms in total. The lowest BCUT2D eigenvalue weighted by molar-refractivity contribution is -0.142. The highest BCUT2D eigenvalue weighted by Gasteiger charge is 2.20. The molecule has 1 aromatic carbocycles. The van der Waals surface area contributed by atoms with Crippen molar-refractivity contribution in [3.05, 3.63) is 33.4 Å². The molecular formula is C13H16INO3. The van der Waals surface area contributed by atoms with Gasteiger partial charge in [0.15, 0.2) is 0 Å². The largest absolute Gasteiger partial charge is 0.481 e. The van der Waals surface area contributed by atoms with Crippen molar-refractivity contribution in [3.8, 4) is 0 Å². The Kier molecular flexibility index (Phi) is 5.58. The monoisotopic (exact) mass is 361 g/mol. The number of amides is 1. The van der Waals surface area contributed by atoms with Gasteiger partial charge in [0.05, 0.1) is 12.3 Å². The number of carboxylic acids is 1. The first kappa shape index (κ1) is 14.9. The molecule has 98 valence electrons. The third-order valence-electron chi connectivity index (χ3n) is 2.78. The minimum absolute atomic E-state index is 0.155. The van der Waals surface area contributed by atoms with E-state index in [4.69, 9.17) is 5.11 Å². The molecule has 2 N–H and O–H groups in total. The number of carbonyl (C=O) groups excluding carboxylic acids is 1. The minimum Gasteiger partial charge on any atom is -0.481 e. The van der Waals surface area contributed by atoms with E-state index in [-0.39, 0.29) is 18.4 Å². The molecule has 0 radical (unpaired) electrons. The highest BCUT2D eigenvalue weighted by Crippen LogP contribution is 2.09. The molecule has 0 aliphatic carbocycles. The molecule has 0 aliphatic rings. The van der Waals surface area contributed by atoms with Gasteiger partial charge < -0.3 is 10.4 Å². The Hall–Kier alpha value is -1.11.